The highest BCUT2D eigenvalue weighted by molar-refractivity contribution is 7.12. The van der Waals surface area contributed by atoms with Crippen LogP contribution < -0.4 is 5.32 Å². The summed E-state index contributed by atoms with van der Waals surface area (Å²) in [6.07, 6.45) is 8.69. The van der Waals surface area contributed by atoms with Crippen molar-refractivity contribution in [2.45, 2.75) is 57.0 Å². The van der Waals surface area contributed by atoms with E-state index in [0.717, 1.165) is 24.1 Å². The summed E-state index contributed by atoms with van der Waals surface area (Å²) in [5.41, 5.74) is 1.79. The highest BCUT2D eigenvalue weighted by Crippen LogP contribution is 2.29. The lowest BCUT2D eigenvalue weighted by Gasteiger charge is -2.33. The molecule has 1 aliphatic carbocycles. The van der Waals surface area contributed by atoms with Gasteiger partial charge in [0.05, 0.1) is 16.5 Å². The van der Waals surface area contributed by atoms with Gasteiger partial charge in [-0.15, -0.1) is 11.3 Å². The van der Waals surface area contributed by atoms with Gasteiger partial charge in [-0.2, -0.15) is 0 Å². The van der Waals surface area contributed by atoms with E-state index in [1.807, 2.05) is 29.6 Å². The van der Waals surface area contributed by atoms with Crippen LogP contribution in [-0.2, 0) is 11.3 Å². The molecule has 1 saturated carbocycles. The zero-order chi connectivity index (χ0) is 18.6. The van der Waals surface area contributed by atoms with Gasteiger partial charge in [0, 0.05) is 25.3 Å². The summed E-state index contributed by atoms with van der Waals surface area (Å²) in [7, 11) is 0. The number of aromatic nitrogens is 1. The van der Waals surface area contributed by atoms with Gasteiger partial charge >= 0.3 is 0 Å². The number of nitrogens with one attached hydrogen (secondary N) is 1. The Morgan fingerprint density at radius 3 is 2.67 bits per heavy atom. The standard InChI is InChI=1S/C21H25N3O2S/c25-20(23-16-8-3-1-2-4-9-16)17-14-24(21(26)18-10-6-12-27-18)13-15-7-5-11-22-19(15)17/h5-7,10-12,16-17H,1-4,8-9,13-14H2,(H,23,25). The minimum atomic E-state index is -0.401. The first-order valence-corrected chi connectivity index (χ1v) is 10.7. The Bertz CT molecular complexity index is 798. The molecule has 27 heavy (non-hydrogen) atoms. The molecule has 1 N–H and O–H groups in total. The number of amides is 2. The third-order valence-electron chi connectivity index (χ3n) is 5.56. The third kappa shape index (κ3) is 4.05. The topological polar surface area (TPSA) is 62.3 Å². The molecular formula is C21H25N3O2S. The van der Waals surface area contributed by atoms with Crippen LogP contribution in [0.1, 0.15) is 65.4 Å². The molecule has 2 aromatic rings. The molecule has 0 saturated heterocycles. The van der Waals surface area contributed by atoms with Gasteiger partial charge in [-0.1, -0.05) is 37.8 Å². The van der Waals surface area contributed by atoms with E-state index in [1.165, 1.54) is 37.0 Å². The molecule has 6 heteroatoms. The molecule has 1 fully saturated rings. The zero-order valence-electron chi connectivity index (χ0n) is 15.4. The van der Waals surface area contributed by atoms with Crippen molar-refractivity contribution in [2.24, 2.45) is 0 Å². The molecule has 0 radical (unpaired) electrons. The fourth-order valence-electron chi connectivity index (χ4n) is 4.12. The van der Waals surface area contributed by atoms with E-state index >= 15 is 0 Å². The smallest absolute Gasteiger partial charge is 0.264 e. The van der Waals surface area contributed by atoms with Crippen molar-refractivity contribution in [3.05, 3.63) is 52.0 Å². The number of hydrogen-bond acceptors (Lipinski definition) is 4. The first-order valence-electron chi connectivity index (χ1n) is 9.79. The molecule has 1 aliphatic heterocycles. The van der Waals surface area contributed by atoms with Gasteiger partial charge in [-0.05, 0) is 35.9 Å². The van der Waals surface area contributed by atoms with Crippen molar-refractivity contribution in [2.75, 3.05) is 6.54 Å². The Kier molecular flexibility index (Phi) is 5.53. The van der Waals surface area contributed by atoms with Crippen molar-refractivity contribution in [1.82, 2.24) is 15.2 Å². The first-order chi connectivity index (χ1) is 13.2. The molecule has 0 bridgehead atoms. The van der Waals surface area contributed by atoms with Crippen LogP contribution in [0.2, 0.25) is 0 Å². The van der Waals surface area contributed by atoms with E-state index < -0.39 is 5.92 Å². The highest BCUT2D eigenvalue weighted by atomic mass is 32.1. The zero-order valence-corrected chi connectivity index (χ0v) is 16.2. The van der Waals surface area contributed by atoms with E-state index in [9.17, 15) is 9.59 Å². The summed E-state index contributed by atoms with van der Waals surface area (Å²) < 4.78 is 0. The molecule has 142 valence electrons. The van der Waals surface area contributed by atoms with E-state index in [0.29, 0.717) is 18.0 Å². The Labute approximate surface area is 163 Å². The van der Waals surface area contributed by atoms with Crippen molar-refractivity contribution in [1.29, 1.82) is 0 Å². The summed E-state index contributed by atoms with van der Waals surface area (Å²) in [6, 6.07) is 7.82. The van der Waals surface area contributed by atoms with Crippen LogP contribution in [0.3, 0.4) is 0 Å². The van der Waals surface area contributed by atoms with Gasteiger partial charge in [0.15, 0.2) is 0 Å². The van der Waals surface area contributed by atoms with Gasteiger partial charge in [-0.25, -0.2) is 0 Å². The molecule has 1 unspecified atom stereocenters. The van der Waals surface area contributed by atoms with Crippen molar-refractivity contribution >= 4 is 23.2 Å². The molecule has 0 aromatic carbocycles. The average molecular weight is 384 g/mol. The maximum atomic E-state index is 13.1. The van der Waals surface area contributed by atoms with Gasteiger partial charge in [0.2, 0.25) is 5.91 Å². The second-order valence-electron chi connectivity index (χ2n) is 7.46. The van der Waals surface area contributed by atoms with E-state index in [1.54, 1.807) is 11.1 Å². The van der Waals surface area contributed by atoms with Gasteiger partial charge in [0.1, 0.15) is 0 Å². The maximum Gasteiger partial charge on any atom is 0.264 e. The Morgan fingerprint density at radius 1 is 1.11 bits per heavy atom. The molecule has 3 heterocycles. The van der Waals surface area contributed by atoms with Crippen molar-refractivity contribution in [3.8, 4) is 0 Å². The van der Waals surface area contributed by atoms with E-state index in [2.05, 4.69) is 10.3 Å². The summed E-state index contributed by atoms with van der Waals surface area (Å²) in [5, 5.41) is 5.16. The second-order valence-corrected chi connectivity index (χ2v) is 8.41. The SMILES string of the molecule is O=C(NC1CCCCCC1)C1CN(C(=O)c2cccs2)Cc2cccnc21. The van der Waals surface area contributed by atoms with Gasteiger partial charge < -0.3 is 10.2 Å². The number of carbonyl (C=O) groups is 2. The molecule has 4 rings (SSSR count). The minimum absolute atomic E-state index is 0.00512. The largest absolute Gasteiger partial charge is 0.353 e. The van der Waals surface area contributed by atoms with Crippen LogP contribution in [0, 0.1) is 0 Å². The minimum Gasteiger partial charge on any atom is -0.353 e. The first kappa shape index (κ1) is 18.2. The summed E-state index contributed by atoms with van der Waals surface area (Å²) in [5.74, 6) is -0.403. The monoisotopic (exact) mass is 383 g/mol. The van der Waals surface area contributed by atoms with E-state index in [4.69, 9.17) is 0 Å². The number of fused-ring (bicyclic) bond motifs is 1. The number of pyridine rings is 1. The fraction of sp³-hybridized carbons (Fsp3) is 0.476. The number of thiophene rings is 1. The van der Waals surface area contributed by atoms with Gasteiger partial charge in [0.25, 0.3) is 5.91 Å². The van der Waals surface area contributed by atoms with Crippen LogP contribution >= 0.6 is 11.3 Å². The Morgan fingerprint density at radius 2 is 1.93 bits per heavy atom. The second kappa shape index (κ2) is 8.21. The van der Waals surface area contributed by atoms with Gasteiger partial charge in [-0.3, -0.25) is 14.6 Å². The average Bonchev–Trinajstić information content (AvgIpc) is 3.12. The summed E-state index contributed by atoms with van der Waals surface area (Å²) in [4.78, 5) is 33.0. The lowest BCUT2D eigenvalue weighted by atomic mass is 9.93. The van der Waals surface area contributed by atoms with Crippen molar-refractivity contribution < 1.29 is 9.59 Å². The Balaban J connectivity index is 1.54. The number of nitrogens with zero attached hydrogens (tertiary/aromatic N) is 2. The fourth-order valence-corrected chi connectivity index (χ4v) is 4.81. The van der Waals surface area contributed by atoms with Crippen LogP contribution in [-0.4, -0.2) is 34.3 Å². The van der Waals surface area contributed by atoms with Crippen LogP contribution in [0.25, 0.3) is 0 Å². The maximum absolute atomic E-state index is 13.1. The number of carbonyl (C=O) groups excluding carboxylic acids is 2. The van der Waals surface area contributed by atoms with Crippen molar-refractivity contribution in [3.63, 3.8) is 0 Å². The number of rotatable bonds is 3. The molecular weight excluding hydrogens is 358 g/mol. The highest BCUT2D eigenvalue weighted by Gasteiger charge is 2.35. The van der Waals surface area contributed by atoms with Crippen LogP contribution in [0.15, 0.2) is 35.8 Å². The summed E-state index contributed by atoms with van der Waals surface area (Å²) in [6.45, 7) is 0.895. The lowest BCUT2D eigenvalue weighted by Crippen LogP contribution is -2.46. The quantitative estimate of drug-likeness (QED) is 0.822. The molecule has 2 aromatic heterocycles. The normalized spacial score (nSPS) is 20.6. The molecule has 2 amide bonds. The summed E-state index contributed by atoms with van der Waals surface area (Å²) >= 11 is 1.44. The van der Waals surface area contributed by atoms with E-state index in [-0.39, 0.29) is 17.9 Å². The Hall–Kier alpha value is -2.21. The molecule has 0 spiro atoms. The predicted octanol–water partition coefficient (Wildman–Crippen LogP) is 3.72. The lowest BCUT2D eigenvalue weighted by molar-refractivity contribution is -0.124. The molecule has 5 nitrogen and oxygen atoms in total. The van der Waals surface area contributed by atoms with Crippen LogP contribution in [0.5, 0.6) is 0 Å². The molecule has 1 atom stereocenters. The predicted molar refractivity (Wildman–Crippen MR) is 106 cm³/mol. The number of hydrogen-bond donors (Lipinski definition) is 1. The molecule has 2 aliphatic rings. The third-order valence-corrected chi connectivity index (χ3v) is 6.42. The van der Waals surface area contributed by atoms with Crippen LogP contribution in [0.4, 0.5) is 0 Å².